The monoisotopic (exact) mass is 344 g/mol. The lowest BCUT2D eigenvalue weighted by molar-refractivity contribution is -0.130. The molecule has 0 aliphatic rings. The minimum Gasteiger partial charge on any atom is -0.502 e. The molecular formula is C19H20O6. The Hall–Kier alpha value is -3.15. The zero-order chi connectivity index (χ0) is 18.4. The van der Waals surface area contributed by atoms with E-state index < -0.39 is 5.97 Å². The highest BCUT2D eigenvalue weighted by atomic mass is 16.5. The topological polar surface area (TPSA) is 85.2 Å². The Morgan fingerprint density at radius 3 is 2.28 bits per heavy atom. The van der Waals surface area contributed by atoms with Crippen molar-refractivity contribution in [1.29, 1.82) is 0 Å². The maximum absolute atomic E-state index is 11.7. The molecule has 2 aromatic rings. The van der Waals surface area contributed by atoms with Gasteiger partial charge >= 0.3 is 5.97 Å². The van der Waals surface area contributed by atoms with E-state index in [2.05, 4.69) is 0 Å². The highest BCUT2D eigenvalue weighted by Gasteiger charge is 2.15. The summed E-state index contributed by atoms with van der Waals surface area (Å²) in [6, 6.07) is 9.92. The first-order valence-electron chi connectivity index (χ1n) is 7.63. The summed E-state index contributed by atoms with van der Waals surface area (Å²) in [7, 11) is 2.82. The molecule has 6 heteroatoms. The van der Waals surface area contributed by atoms with Crippen molar-refractivity contribution in [2.24, 2.45) is 0 Å². The molecule has 2 N–H and O–H groups in total. The van der Waals surface area contributed by atoms with Crippen LogP contribution in [0.5, 0.6) is 23.0 Å². The standard InChI is InChI=1S/C19H20O6/c1-4-25-14-7-5-6-13(11-14)15(19(21)22)8-12-9-16(23-2)18(20)17(10-12)24-3/h5-11,20H,4H2,1-3H3,(H,21,22)/b15-8-. The Kier molecular flexibility index (Phi) is 5.89. The van der Waals surface area contributed by atoms with Crippen LogP contribution in [0.1, 0.15) is 18.1 Å². The average Bonchev–Trinajstić information content (AvgIpc) is 2.60. The highest BCUT2D eigenvalue weighted by molar-refractivity contribution is 6.20. The fourth-order valence-corrected chi connectivity index (χ4v) is 2.35. The number of methoxy groups -OCH3 is 2. The van der Waals surface area contributed by atoms with Crippen molar-refractivity contribution >= 4 is 17.6 Å². The number of rotatable bonds is 7. The van der Waals surface area contributed by atoms with Crippen molar-refractivity contribution in [2.45, 2.75) is 6.92 Å². The lowest BCUT2D eigenvalue weighted by Crippen LogP contribution is -2.01. The number of carboxylic acid groups (broad SMARTS) is 1. The lowest BCUT2D eigenvalue weighted by atomic mass is 10.0. The summed E-state index contributed by atoms with van der Waals surface area (Å²) in [5, 5.41) is 19.6. The average molecular weight is 344 g/mol. The number of hydrogen-bond donors (Lipinski definition) is 2. The maximum Gasteiger partial charge on any atom is 0.336 e. The lowest BCUT2D eigenvalue weighted by Gasteiger charge is -2.11. The molecule has 132 valence electrons. The van der Waals surface area contributed by atoms with Gasteiger partial charge in [-0.2, -0.15) is 0 Å². The van der Waals surface area contributed by atoms with Crippen LogP contribution < -0.4 is 14.2 Å². The predicted octanol–water partition coefficient (Wildman–Crippen LogP) is 3.43. The van der Waals surface area contributed by atoms with Gasteiger partial charge < -0.3 is 24.4 Å². The number of carbonyl (C=O) groups is 1. The maximum atomic E-state index is 11.7. The largest absolute Gasteiger partial charge is 0.502 e. The number of ether oxygens (including phenoxy) is 3. The molecule has 25 heavy (non-hydrogen) atoms. The van der Waals surface area contributed by atoms with E-state index >= 15 is 0 Å². The molecule has 0 aromatic heterocycles. The van der Waals surface area contributed by atoms with Gasteiger partial charge in [0.15, 0.2) is 11.5 Å². The quantitative estimate of drug-likeness (QED) is 0.591. The van der Waals surface area contributed by atoms with E-state index in [1.54, 1.807) is 24.3 Å². The third-order valence-corrected chi connectivity index (χ3v) is 3.50. The SMILES string of the molecule is CCOc1cccc(/C(=C/c2cc(OC)c(O)c(OC)c2)C(=O)O)c1. The molecule has 0 radical (unpaired) electrons. The molecule has 0 saturated heterocycles. The fourth-order valence-electron chi connectivity index (χ4n) is 2.35. The number of benzene rings is 2. The number of hydrogen-bond acceptors (Lipinski definition) is 5. The zero-order valence-electron chi connectivity index (χ0n) is 14.3. The van der Waals surface area contributed by atoms with Gasteiger partial charge in [0, 0.05) is 0 Å². The van der Waals surface area contributed by atoms with Crippen molar-refractivity contribution in [3.63, 3.8) is 0 Å². The summed E-state index contributed by atoms with van der Waals surface area (Å²) in [4.78, 5) is 11.7. The van der Waals surface area contributed by atoms with Crippen molar-refractivity contribution in [1.82, 2.24) is 0 Å². The number of aliphatic carboxylic acids is 1. The van der Waals surface area contributed by atoms with E-state index in [4.69, 9.17) is 14.2 Å². The number of phenols is 1. The third-order valence-electron chi connectivity index (χ3n) is 3.50. The molecule has 0 aliphatic carbocycles. The summed E-state index contributed by atoms with van der Waals surface area (Å²) in [6.07, 6.45) is 1.48. The molecule has 0 aliphatic heterocycles. The normalized spacial score (nSPS) is 11.1. The van der Waals surface area contributed by atoms with Crippen LogP contribution in [0.4, 0.5) is 0 Å². The van der Waals surface area contributed by atoms with E-state index in [-0.39, 0.29) is 22.8 Å². The molecule has 0 unspecified atom stereocenters. The second-order valence-electron chi connectivity index (χ2n) is 5.10. The smallest absolute Gasteiger partial charge is 0.336 e. The van der Waals surface area contributed by atoms with E-state index in [9.17, 15) is 15.0 Å². The predicted molar refractivity (Wildman–Crippen MR) is 94.3 cm³/mol. The van der Waals surface area contributed by atoms with Gasteiger partial charge in [0.1, 0.15) is 5.75 Å². The Labute approximate surface area is 145 Å². The van der Waals surface area contributed by atoms with Crippen LogP contribution in [0, 0.1) is 0 Å². The molecule has 0 bridgehead atoms. The van der Waals surface area contributed by atoms with Crippen LogP contribution in [0.2, 0.25) is 0 Å². The van der Waals surface area contributed by atoms with E-state index in [1.807, 2.05) is 6.92 Å². The van der Waals surface area contributed by atoms with Crippen LogP contribution in [-0.4, -0.2) is 37.0 Å². The van der Waals surface area contributed by atoms with Crippen LogP contribution in [0.15, 0.2) is 36.4 Å². The summed E-state index contributed by atoms with van der Waals surface area (Å²) in [6.45, 7) is 2.34. The molecule has 0 saturated carbocycles. The van der Waals surface area contributed by atoms with E-state index in [0.29, 0.717) is 23.5 Å². The Morgan fingerprint density at radius 1 is 1.12 bits per heavy atom. The highest BCUT2D eigenvalue weighted by Crippen LogP contribution is 2.38. The Balaban J connectivity index is 2.54. The second kappa shape index (κ2) is 8.10. The summed E-state index contributed by atoms with van der Waals surface area (Å²) >= 11 is 0. The second-order valence-corrected chi connectivity index (χ2v) is 5.10. The van der Waals surface area contributed by atoms with Crippen molar-refractivity contribution in [3.05, 3.63) is 47.5 Å². The molecule has 6 nitrogen and oxygen atoms in total. The molecule has 2 rings (SSSR count). The van der Waals surface area contributed by atoms with Crippen LogP contribution in [-0.2, 0) is 4.79 Å². The Morgan fingerprint density at radius 2 is 1.76 bits per heavy atom. The van der Waals surface area contributed by atoms with Gasteiger partial charge in [-0.05, 0) is 48.4 Å². The minimum atomic E-state index is -1.08. The molecular weight excluding hydrogens is 324 g/mol. The van der Waals surface area contributed by atoms with E-state index in [0.717, 1.165) is 0 Å². The number of phenolic OH excluding ortho intramolecular Hbond substituents is 1. The molecule has 0 spiro atoms. The fraction of sp³-hybridized carbons (Fsp3) is 0.211. The first-order valence-corrected chi connectivity index (χ1v) is 7.63. The van der Waals surface area contributed by atoms with Gasteiger partial charge in [0.2, 0.25) is 5.75 Å². The first kappa shape index (κ1) is 18.2. The van der Waals surface area contributed by atoms with Crippen molar-refractivity contribution < 1.29 is 29.2 Å². The summed E-state index contributed by atoms with van der Waals surface area (Å²) in [5.41, 5.74) is 1.10. The molecule has 0 amide bonds. The van der Waals surface area contributed by atoms with E-state index in [1.165, 1.54) is 32.4 Å². The molecule has 0 atom stereocenters. The van der Waals surface area contributed by atoms with Gasteiger partial charge in [-0.3, -0.25) is 0 Å². The van der Waals surface area contributed by atoms with Crippen LogP contribution >= 0.6 is 0 Å². The number of carboxylic acids is 1. The van der Waals surface area contributed by atoms with Gasteiger partial charge in [-0.25, -0.2) is 4.79 Å². The number of aromatic hydroxyl groups is 1. The van der Waals surface area contributed by atoms with Gasteiger partial charge in [0.05, 0.1) is 26.4 Å². The van der Waals surface area contributed by atoms with Crippen molar-refractivity contribution in [2.75, 3.05) is 20.8 Å². The molecule has 0 fully saturated rings. The third kappa shape index (κ3) is 4.23. The van der Waals surface area contributed by atoms with Crippen molar-refractivity contribution in [3.8, 4) is 23.0 Å². The van der Waals surface area contributed by atoms with Gasteiger partial charge in [-0.15, -0.1) is 0 Å². The van der Waals surface area contributed by atoms with Crippen LogP contribution in [0.25, 0.3) is 11.6 Å². The summed E-state index contributed by atoms with van der Waals surface area (Å²) < 4.78 is 15.6. The first-order chi connectivity index (χ1) is 12.0. The zero-order valence-corrected chi connectivity index (χ0v) is 14.3. The van der Waals surface area contributed by atoms with Crippen LogP contribution in [0.3, 0.4) is 0 Å². The van der Waals surface area contributed by atoms with Gasteiger partial charge in [0.25, 0.3) is 0 Å². The Bertz CT molecular complexity index is 769. The van der Waals surface area contributed by atoms with Gasteiger partial charge in [-0.1, -0.05) is 12.1 Å². The molecule has 2 aromatic carbocycles. The molecule has 0 heterocycles. The summed E-state index contributed by atoms with van der Waals surface area (Å²) in [5.74, 6) is -0.248. The minimum absolute atomic E-state index is 0.0800.